The van der Waals surface area contributed by atoms with Gasteiger partial charge in [0.05, 0.1) is 0 Å². The number of hydrogen-bond donors (Lipinski definition) is 3. The van der Waals surface area contributed by atoms with Crippen LogP contribution in [0, 0.1) is 13.8 Å². The van der Waals surface area contributed by atoms with Crippen LogP contribution < -0.4 is 16.4 Å². The highest BCUT2D eigenvalue weighted by molar-refractivity contribution is 5.92. The van der Waals surface area contributed by atoms with Crippen LogP contribution >= 0.6 is 0 Å². The minimum atomic E-state index is 0.464. The van der Waals surface area contributed by atoms with E-state index < -0.39 is 0 Å². The average Bonchev–Trinajstić information content (AvgIpc) is 2.55. The number of aromatic nitrogens is 1. The van der Waals surface area contributed by atoms with E-state index in [-0.39, 0.29) is 0 Å². The predicted octanol–water partition coefficient (Wildman–Crippen LogP) is 3.32. The number of rotatable bonds is 7. The molecular weight excluding hydrogens is 286 g/mol. The molecule has 1 aromatic heterocycles. The summed E-state index contributed by atoms with van der Waals surface area (Å²) in [6.07, 6.45) is 3.79. The Balaban J connectivity index is 1.65. The van der Waals surface area contributed by atoms with Crippen molar-refractivity contribution in [2.24, 2.45) is 10.7 Å². The number of pyridine rings is 1. The molecule has 0 fully saturated rings. The van der Waals surface area contributed by atoms with Gasteiger partial charge in [-0.3, -0.25) is 4.99 Å². The van der Waals surface area contributed by atoms with Crippen LogP contribution in [-0.2, 0) is 0 Å². The van der Waals surface area contributed by atoms with Crippen molar-refractivity contribution in [2.45, 2.75) is 26.7 Å². The third kappa shape index (κ3) is 5.98. The second kappa shape index (κ2) is 8.78. The molecule has 0 spiro atoms. The first-order valence-electron chi connectivity index (χ1n) is 7.94. The van der Waals surface area contributed by atoms with Crippen molar-refractivity contribution in [1.82, 2.24) is 4.98 Å². The number of nitrogens with zero attached hydrogens (tertiary/aromatic N) is 2. The molecule has 0 atom stereocenters. The van der Waals surface area contributed by atoms with Gasteiger partial charge in [0.25, 0.3) is 0 Å². The third-order valence-corrected chi connectivity index (χ3v) is 3.62. The summed E-state index contributed by atoms with van der Waals surface area (Å²) in [6.45, 7) is 5.78. The number of unbranched alkanes of at least 4 members (excludes halogenated alkanes) is 1. The van der Waals surface area contributed by atoms with Crippen LogP contribution in [-0.4, -0.2) is 24.0 Å². The Kier molecular flexibility index (Phi) is 6.41. The molecule has 0 bridgehead atoms. The first-order chi connectivity index (χ1) is 11.1. The number of nitrogens with one attached hydrogen (secondary N) is 2. The lowest BCUT2D eigenvalue weighted by Gasteiger charge is -2.08. The third-order valence-electron chi connectivity index (χ3n) is 3.62. The molecular formula is C18H25N5. The maximum Gasteiger partial charge on any atom is 0.193 e. The van der Waals surface area contributed by atoms with E-state index >= 15 is 0 Å². The fraction of sp³-hybridized carbons (Fsp3) is 0.333. The van der Waals surface area contributed by atoms with Gasteiger partial charge in [-0.2, -0.15) is 0 Å². The Hall–Kier alpha value is -2.56. The van der Waals surface area contributed by atoms with E-state index in [9.17, 15) is 0 Å². The second-order valence-corrected chi connectivity index (χ2v) is 5.54. The molecule has 5 heteroatoms. The maximum atomic E-state index is 5.91. The van der Waals surface area contributed by atoms with Gasteiger partial charge in [0.1, 0.15) is 5.82 Å². The lowest BCUT2D eigenvalue weighted by molar-refractivity contribution is 0.772. The van der Waals surface area contributed by atoms with Gasteiger partial charge in [-0.15, -0.1) is 0 Å². The van der Waals surface area contributed by atoms with Crippen LogP contribution in [0.5, 0.6) is 0 Å². The molecule has 0 saturated heterocycles. The van der Waals surface area contributed by atoms with E-state index in [2.05, 4.69) is 46.6 Å². The number of aryl methyl sites for hydroxylation is 2. The van der Waals surface area contributed by atoms with E-state index in [0.29, 0.717) is 12.5 Å². The quantitative estimate of drug-likeness (QED) is 0.416. The number of guanidine groups is 1. The Bertz CT molecular complexity index is 637. The Morgan fingerprint density at radius 1 is 1.13 bits per heavy atom. The Morgan fingerprint density at radius 3 is 2.74 bits per heavy atom. The number of hydrogen-bond acceptors (Lipinski definition) is 3. The summed E-state index contributed by atoms with van der Waals surface area (Å²) >= 11 is 0. The van der Waals surface area contributed by atoms with E-state index in [1.165, 1.54) is 11.1 Å². The molecule has 0 aliphatic carbocycles. The molecule has 2 aromatic rings. The molecule has 0 amide bonds. The Labute approximate surface area is 138 Å². The molecule has 0 aliphatic heterocycles. The number of aliphatic imine (C=N–C) groups is 1. The SMILES string of the molecule is Cc1ccc(NC(N)=NCCCCNc2ccccn2)cc1C. The van der Waals surface area contributed by atoms with Crippen molar-refractivity contribution in [1.29, 1.82) is 0 Å². The number of benzene rings is 1. The largest absolute Gasteiger partial charge is 0.370 e. The summed E-state index contributed by atoms with van der Waals surface area (Å²) in [5.74, 6) is 1.37. The summed E-state index contributed by atoms with van der Waals surface area (Å²) < 4.78 is 0. The summed E-state index contributed by atoms with van der Waals surface area (Å²) in [6, 6.07) is 12.0. The van der Waals surface area contributed by atoms with Crippen LogP contribution in [0.25, 0.3) is 0 Å². The molecule has 0 aliphatic rings. The van der Waals surface area contributed by atoms with Crippen molar-refractivity contribution >= 4 is 17.5 Å². The summed E-state index contributed by atoms with van der Waals surface area (Å²) in [5.41, 5.74) is 9.40. The van der Waals surface area contributed by atoms with Gasteiger partial charge in [-0.25, -0.2) is 4.98 Å². The molecule has 0 saturated carbocycles. The number of nitrogens with two attached hydrogens (primary N) is 1. The lowest BCUT2D eigenvalue weighted by Crippen LogP contribution is -2.23. The van der Waals surface area contributed by atoms with Crippen molar-refractivity contribution in [3.8, 4) is 0 Å². The molecule has 0 radical (unpaired) electrons. The van der Waals surface area contributed by atoms with E-state index in [1.807, 2.05) is 24.3 Å². The van der Waals surface area contributed by atoms with Crippen molar-refractivity contribution < 1.29 is 0 Å². The fourth-order valence-electron chi connectivity index (χ4n) is 2.13. The molecule has 122 valence electrons. The van der Waals surface area contributed by atoms with E-state index in [0.717, 1.165) is 30.9 Å². The lowest BCUT2D eigenvalue weighted by atomic mass is 10.1. The standard InChI is InChI=1S/C18H25N5/c1-14-8-9-16(13-15(14)2)23-18(19)22-12-6-5-11-21-17-7-3-4-10-20-17/h3-4,7-10,13H,5-6,11-12H2,1-2H3,(H,20,21)(H3,19,22,23). The van der Waals surface area contributed by atoms with Crippen LogP contribution in [0.3, 0.4) is 0 Å². The smallest absolute Gasteiger partial charge is 0.193 e. The van der Waals surface area contributed by atoms with Gasteiger partial charge in [-0.1, -0.05) is 12.1 Å². The van der Waals surface area contributed by atoms with Gasteiger partial charge in [0.2, 0.25) is 0 Å². The van der Waals surface area contributed by atoms with Gasteiger partial charge in [0.15, 0.2) is 5.96 Å². The molecule has 1 heterocycles. The van der Waals surface area contributed by atoms with Gasteiger partial charge in [-0.05, 0) is 62.1 Å². The van der Waals surface area contributed by atoms with E-state index in [4.69, 9.17) is 5.73 Å². The highest BCUT2D eigenvalue weighted by Gasteiger charge is 1.98. The average molecular weight is 311 g/mol. The minimum absolute atomic E-state index is 0.464. The maximum absolute atomic E-state index is 5.91. The fourth-order valence-corrected chi connectivity index (χ4v) is 2.13. The second-order valence-electron chi connectivity index (χ2n) is 5.54. The van der Waals surface area contributed by atoms with Crippen molar-refractivity contribution in [3.63, 3.8) is 0 Å². The number of anilines is 2. The summed E-state index contributed by atoms with van der Waals surface area (Å²) in [4.78, 5) is 8.57. The van der Waals surface area contributed by atoms with Gasteiger partial charge >= 0.3 is 0 Å². The molecule has 23 heavy (non-hydrogen) atoms. The highest BCUT2D eigenvalue weighted by Crippen LogP contribution is 2.13. The zero-order valence-corrected chi connectivity index (χ0v) is 13.8. The molecule has 1 aromatic carbocycles. The van der Waals surface area contributed by atoms with Crippen LogP contribution in [0.4, 0.5) is 11.5 Å². The molecule has 0 unspecified atom stereocenters. The van der Waals surface area contributed by atoms with Gasteiger partial charge < -0.3 is 16.4 Å². The Morgan fingerprint density at radius 2 is 2.00 bits per heavy atom. The van der Waals surface area contributed by atoms with Crippen LogP contribution in [0.1, 0.15) is 24.0 Å². The van der Waals surface area contributed by atoms with Gasteiger partial charge in [0, 0.05) is 25.0 Å². The monoisotopic (exact) mass is 311 g/mol. The summed E-state index contributed by atoms with van der Waals surface area (Å²) in [7, 11) is 0. The van der Waals surface area contributed by atoms with Crippen molar-refractivity contribution in [3.05, 3.63) is 53.7 Å². The topological polar surface area (TPSA) is 75.3 Å². The first-order valence-corrected chi connectivity index (χ1v) is 7.94. The zero-order chi connectivity index (χ0) is 16.5. The summed E-state index contributed by atoms with van der Waals surface area (Å²) in [5, 5.41) is 6.41. The zero-order valence-electron chi connectivity index (χ0n) is 13.8. The van der Waals surface area contributed by atoms with Crippen LogP contribution in [0.15, 0.2) is 47.6 Å². The first kappa shape index (κ1) is 16.8. The highest BCUT2D eigenvalue weighted by atomic mass is 15.1. The predicted molar refractivity (Wildman–Crippen MR) is 98.0 cm³/mol. The molecule has 2 rings (SSSR count). The normalized spacial score (nSPS) is 11.3. The van der Waals surface area contributed by atoms with Crippen LogP contribution in [0.2, 0.25) is 0 Å². The molecule has 4 N–H and O–H groups in total. The molecule has 5 nitrogen and oxygen atoms in total. The van der Waals surface area contributed by atoms with E-state index in [1.54, 1.807) is 6.20 Å². The minimum Gasteiger partial charge on any atom is -0.370 e. The van der Waals surface area contributed by atoms with Crippen molar-refractivity contribution in [2.75, 3.05) is 23.7 Å².